The zero-order valence-electron chi connectivity index (χ0n) is 17.2. The topological polar surface area (TPSA) is 48.0 Å². The number of nitrogens with zero attached hydrogens (tertiary/aromatic N) is 1. The molecule has 166 valence electrons. The second-order valence-electron chi connectivity index (χ2n) is 6.78. The van der Waals surface area contributed by atoms with E-state index in [4.69, 9.17) is 38.0 Å². The van der Waals surface area contributed by atoms with E-state index in [1.54, 1.807) is 42.3 Å². The molecule has 0 N–H and O–H groups in total. The monoisotopic (exact) mass is 483 g/mol. The molecule has 1 amide bonds. The standard InChI is InChI=1S/C22H23ClFNO4S2/c1-3-28-18-11-14(12-19-21(26)25(8-9-27-2)22(30)31-19)10-16(23)20(18)29-13-15-6-4-5-7-17(15)24/h4-7,10-11,19H,3,8-9,12-13H2,1-2H3/t19-/m1/s1. The molecular formula is C22H23ClFNO4S2. The fourth-order valence-corrected chi connectivity index (χ4v) is 5.01. The summed E-state index contributed by atoms with van der Waals surface area (Å²) in [6.07, 6.45) is 0.445. The predicted octanol–water partition coefficient (Wildman–Crippen LogP) is 4.87. The van der Waals surface area contributed by atoms with E-state index in [9.17, 15) is 9.18 Å². The second-order valence-corrected chi connectivity index (χ2v) is 9.02. The second kappa shape index (κ2) is 11.1. The van der Waals surface area contributed by atoms with Crippen LogP contribution in [0.1, 0.15) is 18.1 Å². The van der Waals surface area contributed by atoms with Crippen molar-refractivity contribution in [3.05, 3.63) is 58.4 Å². The van der Waals surface area contributed by atoms with E-state index in [0.29, 0.717) is 52.6 Å². The number of amides is 1. The molecule has 1 aliphatic heterocycles. The third-order valence-electron chi connectivity index (χ3n) is 4.64. The quantitative estimate of drug-likeness (QED) is 0.449. The van der Waals surface area contributed by atoms with E-state index in [2.05, 4.69) is 0 Å². The number of benzene rings is 2. The van der Waals surface area contributed by atoms with Gasteiger partial charge in [0, 0.05) is 12.7 Å². The number of halogens is 2. The lowest BCUT2D eigenvalue weighted by atomic mass is 10.1. The van der Waals surface area contributed by atoms with Crippen LogP contribution < -0.4 is 9.47 Å². The summed E-state index contributed by atoms with van der Waals surface area (Å²) in [4.78, 5) is 14.3. The Morgan fingerprint density at radius 3 is 2.74 bits per heavy atom. The number of carbonyl (C=O) groups is 1. The van der Waals surface area contributed by atoms with Gasteiger partial charge in [-0.3, -0.25) is 9.69 Å². The van der Waals surface area contributed by atoms with E-state index in [1.807, 2.05) is 6.92 Å². The van der Waals surface area contributed by atoms with Crippen LogP contribution in [-0.2, 0) is 22.6 Å². The third kappa shape index (κ3) is 5.88. The Kier molecular flexibility index (Phi) is 8.54. The molecule has 0 unspecified atom stereocenters. The third-order valence-corrected chi connectivity index (χ3v) is 6.51. The lowest BCUT2D eigenvalue weighted by Gasteiger charge is -2.17. The van der Waals surface area contributed by atoms with Crippen LogP contribution in [0.2, 0.25) is 5.02 Å². The molecule has 0 aliphatic carbocycles. The van der Waals surface area contributed by atoms with Gasteiger partial charge >= 0.3 is 0 Å². The Hall–Kier alpha value is -1.87. The van der Waals surface area contributed by atoms with Crippen molar-refractivity contribution in [1.82, 2.24) is 4.90 Å². The zero-order chi connectivity index (χ0) is 22.4. The van der Waals surface area contributed by atoms with Crippen molar-refractivity contribution < 1.29 is 23.4 Å². The molecule has 1 atom stereocenters. The van der Waals surface area contributed by atoms with Crippen LogP contribution in [0.4, 0.5) is 4.39 Å². The molecule has 0 radical (unpaired) electrons. The first kappa shape index (κ1) is 23.8. The van der Waals surface area contributed by atoms with Gasteiger partial charge in [-0.05, 0) is 37.1 Å². The Morgan fingerprint density at radius 2 is 2.03 bits per heavy atom. The summed E-state index contributed by atoms with van der Waals surface area (Å²) in [7, 11) is 1.58. The van der Waals surface area contributed by atoms with Gasteiger partial charge in [0.15, 0.2) is 11.5 Å². The van der Waals surface area contributed by atoms with Gasteiger partial charge in [0.2, 0.25) is 5.91 Å². The van der Waals surface area contributed by atoms with Crippen LogP contribution in [0.5, 0.6) is 11.5 Å². The molecule has 9 heteroatoms. The van der Waals surface area contributed by atoms with Crippen molar-refractivity contribution in [3.8, 4) is 11.5 Å². The molecule has 2 aromatic carbocycles. The van der Waals surface area contributed by atoms with Crippen LogP contribution >= 0.6 is 35.6 Å². The van der Waals surface area contributed by atoms with Gasteiger partial charge < -0.3 is 14.2 Å². The lowest BCUT2D eigenvalue weighted by Crippen LogP contribution is -2.34. The summed E-state index contributed by atoms with van der Waals surface area (Å²) >= 11 is 13.2. The van der Waals surface area contributed by atoms with Crippen molar-refractivity contribution in [2.75, 3.05) is 26.9 Å². The Bertz CT molecular complexity index is 959. The van der Waals surface area contributed by atoms with E-state index in [0.717, 1.165) is 5.56 Å². The molecule has 1 saturated heterocycles. The fourth-order valence-electron chi connectivity index (χ4n) is 3.13. The van der Waals surface area contributed by atoms with Gasteiger partial charge in [0.25, 0.3) is 0 Å². The first-order valence-electron chi connectivity index (χ1n) is 9.77. The lowest BCUT2D eigenvalue weighted by molar-refractivity contribution is -0.126. The minimum atomic E-state index is -0.348. The first-order chi connectivity index (χ1) is 14.9. The van der Waals surface area contributed by atoms with Crippen molar-refractivity contribution >= 4 is 45.8 Å². The predicted molar refractivity (Wildman–Crippen MR) is 125 cm³/mol. The summed E-state index contributed by atoms with van der Waals surface area (Å²) in [6.45, 7) is 3.13. The highest BCUT2D eigenvalue weighted by Crippen LogP contribution is 2.39. The zero-order valence-corrected chi connectivity index (χ0v) is 19.6. The molecule has 0 spiro atoms. The summed E-state index contributed by atoms with van der Waals surface area (Å²) in [5.74, 6) is 0.411. The number of hydrogen-bond acceptors (Lipinski definition) is 6. The molecule has 1 heterocycles. The van der Waals surface area contributed by atoms with E-state index < -0.39 is 0 Å². The van der Waals surface area contributed by atoms with Gasteiger partial charge in [-0.1, -0.05) is 53.8 Å². The number of rotatable bonds is 10. The van der Waals surface area contributed by atoms with E-state index >= 15 is 0 Å². The Labute approximate surface area is 195 Å². The maximum atomic E-state index is 13.9. The van der Waals surface area contributed by atoms with Crippen LogP contribution in [0.15, 0.2) is 36.4 Å². The molecule has 0 bridgehead atoms. The number of methoxy groups -OCH3 is 1. The van der Waals surface area contributed by atoms with Gasteiger partial charge in [0.05, 0.1) is 30.0 Å². The molecule has 3 rings (SSSR count). The molecule has 0 aromatic heterocycles. The number of thioether (sulfide) groups is 1. The van der Waals surface area contributed by atoms with Crippen molar-refractivity contribution in [2.24, 2.45) is 0 Å². The average Bonchev–Trinajstić information content (AvgIpc) is 3.00. The van der Waals surface area contributed by atoms with Gasteiger partial charge in [-0.15, -0.1) is 0 Å². The highest BCUT2D eigenvalue weighted by molar-refractivity contribution is 8.24. The summed E-state index contributed by atoms with van der Waals surface area (Å²) in [5.41, 5.74) is 1.25. The SMILES string of the molecule is CCOc1cc(C[C@H]2SC(=S)N(CCOC)C2=O)cc(Cl)c1OCc1ccccc1F. The van der Waals surface area contributed by atoms with Gasteiger partial charge in [-0.25, -0.2) is 4.39 Å². The molecule has 0 saturated carbocycles. The molecule has 1 aliphatic rings. The van der Waals surface area contributed by atoms with Crippen molar-refractivity contribution in [1.29, 1.82) is 0 Å². The number of thiocarbonyl (C=S) groups is 1. The largest absolute Gasteiger partial charge is 0.490 e. The first-order valence-corrected chi connectivity index (χ1v) is 11.4. The highest BCUT2D eigenvalue weighted by Gasteiger charge is 2.36. The number of carbonyl (C=O) groups excluding carboxylic acids is 1. The minimum Gasteiger partial charge on any atom is -0.490 e. The molecule has 1 fully saturated rings. The van der Waals surface area contributed by atoms with Gasteiger partial charge in [-0.2, -0.15) is 0 Å². The van der Waals surface area contributed by atoms with E-state index in [-0.39, 0.29) is 23.6 Å². The Balaban J connectivity index is 1.76. The normalized spacial score (nSPS) is 16.1. The molecule has 31 heavy (non-hydrogen) atoms. The Morgan fingerprint density at radius 1 is 1.26 bits per heavy atom. The fraction of sp³-hybridized carbons (Fsp3) is 0.364. The molecular weight excluding hydrogens is 461 g/mol. The summed E-state index contributed by atoms with van der Waals surface area (Å²) in [6, 6.07) is 9.95. The maximum absolute atomic E-state index is 13.9. The molecule has 2 aromatic rings. The average molecular weight is 484 g/mol. The van der Waals surface area contributed by atoms with Crippen LogP contribution in [0.3, 0.4) is 0 Å². The van der Waals surface area contributed by atoms with Gasteiger partial charge in [0.1, 0.15) is 16.7 Å². The maximum Gasteiger partial charge on any atom is 0.242 e. The minimum absolute atomic E-state index is 0.0194. The van der Waals surface area contributed by atoms with Crippen LogP contribution in [-0.4, -0.2) is 47.2 Å². The summed E-state index contributed by atoms with van der Waals surface area (Å²) < 4.78 is 31.0. The van der Waals surface area contributed by atoms with Crippen molar-refractivity contribution in [3.63, 3.8) is 0 Å². The number of hydrogen-bond donors (Lipinski definition) is 0. The van der Waals surface area contributed by atoms with Crippen LogP contribution in [0.25, 0.3) is 0 Å². The summed E-state index contributed by atoms with van der Waals surface area (Å²) in [5, 5.41) is 0.00614. The van der Waals surface area contributed by atoms with E-state index in [1.165, 1.54) is 17.8 Å². The number of ether oxygens (including phenoxy) is 3. The molecule has 5 nitrogen and oxygen atoms in total. The van der Waals surface area contributed by atoms with Crippen molar-refractivity contribution in [2.45, 2.75) is 25.2 Å². The van der Waals surface area contributed by atoms with Crippen LogP contribution in [0, 0.1) is 5.82 Å². The smallest absolute Gasteiger partial charge is 0.242 e. The highest BCUT2D eigenvalue weighted by atomic mass is 35.5.